The number of carbonyl (C=O) groups is 1. The maximum absolute atomic E-state index is 12.9. The number of aryl methyl sites for hydroxylation is 1. The Labute approximate surface area is 263 Å². The number of thiocarbonyl (C=S) groups is 1. The van der Waals surface area contributed by atoms with Crippen LogP contribution in [0.2, 0.25) is 0 Å². The molecule has 0 saturated carbocycles. The zero-order valence-electron chi connectivity index (χ0n) is 24.6. The first-order chi connectivity index (χ1) is 20.9. The highest BCUT2D eigenvalue weighted by Gasteiger charge is 2.32. The Morgan fingerprint density at radius 2 is 1.77 bits per heavy atom. The Bertz CT molecular complexity index is 1700. The number of aromatic nitrogens is 3. The summed E-state index contributed by atoms with van der Waals surface area (Å²) in [6, 6.07) is 18.7. The number of hydrogen-bond donors (Lipinski definition) is 1. The number of anilines is 1. The van der Waals surface area contributed by atoms with E-state index < -0.39 is 11.7 Å². The second kappa shape index (κ2) is 12.9. The van der Waals surface area contributed by atoms with E-state index in [-0.39, 0.29) is 17.7 Å². The largest absolute Gasteiger partial charge is 0.416 e. The van der Waals surface area contributed by atoms with E-state index in [1.807, 2.05) is 37.3 Å². The smallest absolute Gasteiger partial charge is 0.360 e. The van der Waals surface area contributed by atoms with E-state index >= 15 is 0 Å². The molecule has 228 valence electrons. The number of alkyl halides is 3. The number of carbonyl (C=O) groups excluding carboxylic acids is 1. The highest BCUT2D eigenvalue weighted by molar-refractivity contribution is 8.15. The zero-order valence-corrected chi connectivity index (χ0v) is 26.2. The standard InChI is InChI=1S/C32H31F3N6OS2/c1-19(2)26-14-5-20(3)15-27(26)41-28(42)17-44-31(41)38-30(43)36-16-21(4)22-6-8-23(9-7-22)29-37-18-40(39-29)25-12-10-24(11-13-25)32(33,34)35/h5-15,18-19,21H,16-17H2,1-4H3,(H,36,43). The first-order valence-electron chi connectivity index (χ1n) is 14.0. The predicted octanol–water partition coefficient (Wildman–Crippen LogP) is 7.50. The van der Waals surface area contributed by atoms with Crippen LogP contribution in [-0.4, -0.2) is 43.2 Å². The molecule has 0 radical (unpaired) electrons. The Morgan fingerprint density at radius 3 is 2.43 bits per heavy atom. The minimum atomic E-state index is -4.39. The van der Waals surface area contributed by atoms with Crippen LogP contribution in [0.15, 0.2) is 78.0 Å². The molecule has 0 spiro atoms. The molecule has 1 aromatic heterocycles. The molecule has 1 aliphatic heterocycles. The third kappa shape index (κ3) is 7.02. The van der Waals surface area contributed by atoms with Gasteiger partial charge >= 0.3 is 6.18 Å². The molecular formula is C32H31F3N6OS2. The van der Waals surface area contributed by atoms with Crippen molar-refractivity contribution in [3.05, 3.63) is 95.3 Å². The summed E-state index contributed by atoms with van der Waals surface area (Å²) in [5.74, 6) is 1.09. The molecule has 0 aliphatic carbocycles. The molecular weight excluding hydrogens is 606 g/mol. The Hall–Kier alpha value is -4.03. The van der Waals surface area contributed by atoms with Gasteiger partial charge in [-0.15, -0.1) is 5.10 Å². The molecule has 2 heterocycles. The predicted molar refractivity (Wildman–Crippen MR) is 173 cm³/mol. The minimum Gasteiger partial charge on any atom is -0.360 e. The average molecular weight is 637 g/mol. The summed E-state index contributed by atoms with van der Waals surface area (Å²) in [5, 5.41) is 8.53. The molecule has 7 nitrogen and oxygen atoms in total. The number of nitrogens with zero attached hydrogens (tertiary/aromatic N) is 5. The number of rotatable bonds is 7. The average Bonchev–Trinajstić information content (AvgIpc) is 3.62. The number of halogens is 3. The quantitative estimate of drug-likeness (QED) is 0.212. The highest BCUT2D eigenvalue weighted by atomic mass is 32.2. The SMILES string of the molecule is Cc1ccc(C(C)C)c(N2C(=O)CSC2=NC(=S)NCC(C)c2ccc(-c3ncn(-c4ccc(C(F)(F)F)cc4)n3)cc2)c1. The van der Waals surface area contributed by atoms with E-state index in [1.165, 1.54) is 34.9 Å². The molecule has 5 rings (SSSR count). The first kappa shape index (κ1) is 31.4. The second-order valence-corrected chi connectivity index (χ2v) is 12.2. The molecule has 1 unspecified atom stereocenters. The lowest BCUT2D eigenvalue weighted by atomic mass is 9.99. The summed E-state index contributed by atoms with van der Waals surface area (Å²) in [6.45, 7) is 8.81. The third-order valence-electron chi connectivity index (χ3n) is 7.26. The summed E-state index contributed by atoms with van der Waals surface area (Å²) >= 11 is 6.92. The van der Waals surface area contributed by atoms with Crippen molar-refractivity contribution >= 4 is 45.9 Å². The van der Waals surface area contributed by atoms with Crippen molar-refractivity contribution in [1.82, 2.24) is 20.1 Å². The number of thioether (sulfide) groups is 1. The second-order valence-electron chi connectivity index (χ2n) is 10.9. The van der Waals surface area contributed by atoms with Crippen molar-refractivity contribution in [3.8, 4) is 17.1 Å². The van der Waals surface area contributed by atoms with Crippen molar-refractivity contribution in [3.63, 3.8) is 0 Å². The van der Waals surface area contributed by atoms with Crippen LogP contribution in [0.5, 0.6) is 0 Å². The minimum absolute atomic E-state index is 0.0174. The van der Waals surface area contributed by atoms with Crippen molar-refractivity contribution in [2.24, 2.45) is 4.99 Å². The molecule has 1 fully saturated rings. The summed E-state index contributed by atoms with van der Waals surface area (Å²) < 4.78 is 40.1. The number of amides is 1. The van der Waals surface area contributed by atoms with Gasteiger partial charge in [-0.25, -0.2) is 9.67 Å². The first-order valence-corrected chi connectivity index (χ1v) is 15.4. The summed E-state index contributed by atoms with van der Waals surface area (Å²) in [6.07, 6.45) is -2.92. The molecule has 44 heavy (non-hydrogen) atoms. The van der Waals surface area contributed by atoms with Gasteiger partial charge < -0.3 is 5.32 Å². The van der Waals surface area contributed by atoms with E-state index in [0.717, 1.165) is 40.1 Å². The van der Waals surface area contributed by atoms with Gasteiger partial charge in [0.15, 0.2) is 16.1 Å². The molecule has 12 heteroatoms. The van der Waals surface area contributed by atoms with Crippen LogP contribution in [0.3, 0.4) is 0 Å². The number of aliphatic imine (C=N–C) groups is 1. The lowest BCUT2D eigenvalue weighted by Crippen LogP contribution is -2.32. The summed E-state index contributed by atoms with van der Waals surface area (Å²) in [5.41, 5.74) is 4.60. The fourth-order valence-corrected chi connectivity index (χ4v) is 5.88. The molecule has 1 atom stereocenters. The number of benzene rings is 3. The zero-order chi connectivity index (χ0) is 31.6. The van der Waals surface area contributed by atoms with E-state index in [4.69, 9.17) is 12.2 Å². The van der Waals surface area contributed by atoms with Gasteiger partial charge in [-0.2, -0.15) is 18.2 Å². The topological polar surface area (TPSA) is 75.4 Å². The lowest BCUT2D eigenvalue weighted by molar-refractivity contribution is -0.137. The van der Waals surface area contributed by atoms with Gasteiger partial charge in [0, 0.05) is 12.1 Å². The molecule has 3 aromatic carbocycles. The Kier molecular flexibility index (Phi) is 9.21. The van der Waals surface area contributed by atoms with Gasteiger partial charge in [0.25, 0.3) is 0 Å². The molecule has 1 N–H and O–H groups in total. The van der Waals surface area contributed by atoms with Gasteiger partial charge in [0.2, 0.25) is 5.91 Å². The summed E-state index contributed by atoms with van der Waals surface area (Å²) in [4.78, 5) is 23.5. The van der Waals surface area contributed by atoms with Crippen molar-refractivity contribution in [1.29, 1.82) is 0 Å². The van der Waals surface area contributed by atoms with Crippen LogP contribution in [-0.2, 0) is 11.0 Å². The van der Waals surface area contributed by atoms with E-state index in [1.54, 1.807) is 4.90 Å². The van der Waals surface area contributed by atoms with Gasteiger partial charge in [-0.1, -0.05) is 68.9 Å². The van der Waals surface area contributed by atoms with Crippen LogP contribution in [0.4, 0.5) is 18.9 Å². The summed E-state index contributed by atoms with van der Waals surface area (Å²) in [7, 11) is 0. The fourth-order valence-electron chi connectivity index (χ4n) is 4.79. The number of nitrogens with one attached hydrogen (secondary N) is 1. The van der Waals surface area contributed by atoms with Gasteiger partial charge in [-0.05, 0) is 78.0 Å². The Balaban J connectivity index is 1.22. The molecule has 1 amide bonds. The third-order valence-corrected chi connectivity index (χ3v) is 8.42. The Morgan fingerprint density at radius 1 is 1.07 bits per heavy atom. The van der Waals surface area contributed by atoms with E-state index in [0.29, 0.717) is 34.1 Å². The maximum atomic E-state index is 12.9. The molecule has 1 saturated heterocycles. The normalized spacial score (nSPS) is 15.3. The van der Waals surface area contributed by atoms with E-state index in [9.17, 15) is 18.0 Å². The monoisotopic (exact) mass is 636 g/mol. The number of hydrogen-bond acceptors (Lipinski definition) is 5. The van der Waals surface area contributed by atoms with Crippen molar-refractivity contribution in [2.45, 2.75) is 45.7 Å². The fraction of sp³-hybridized carbons (Fsp3) is 0.281. The molecule has 4 aromatic rings. The van der Waals surface area contributed by atoms with Gasteiger partial charge in [-0.3, -0.25) is 9.69 Å². The molecule has 1 aliphatic rings. The van der Waals surface area contributed by atoms with Crippen molar-refractivity contribution in [2.75, 3.05) is 17.2 Å². The maximum Gasteiger partial charge on any atom is 0.416 e. The van der Waals surface area contributed by atoms with Crippen LogP contribution in [0, 0.1) is 6.92 Å². The van der Waals surface area contributed by atoms with Gasteiger partial charge in [0.1, 0.15) is 6.33 Å². The van der Waals surface area contributed by atoms with Crippen LogP contribution < -0.4 is 10.2 Å². The van der Waals surface area contributed by atoms with Gasteiger partial charge in [0.05, 0.1) is 22.7 Å². The van der Waals surface area contributed by atoms with E-state index in [2.05, 4.69) is 53.3 Å². The van der Waals surface area contributed by atoms with Crippen LogP contribution in [0.1, 0.15) is 54.9 Å². The van der Waals surface area contributed by atoms with Crippen LogP contribution >= 0.6 is 24.0 Å². The molecule has 0 bridgehead atoms. The van der Waals surface area contributed by atoms with Crippen LogP contribution in [0.25, 0.3) is 17.1 Å². The highest BCUT2D eigenvalue weighted by Crippen LogP contribution is 2.34. The van der Waals surface area contributed by atoms with Crippen molar-refractivity contribution < 1.29 is 18.0 Å². The number of amidine groups is 1. The lowest BCUT2D eigenvalue weighted by Gasteiger charge is -2.22.